The fourth-order valence-electron chi connectivity index (χ4n) is 2.39. The monoisotopic (exact) mass is 234 g/mol. The van der Waals surface area contributed by atoms with Gasteiger partial charge in [0.1, 0.15) is 11.5 Å². The Morgan fingerprint density at radius 3 is 2.41 bits per heavy atom. The normalized spacial score (nSPS) is 15.9. The lowest BCUT2D eigenvalue weighted by molar-refractivity contribution is 0.252. The lowest BCUT2D eigenvalue weighted by Gasteiger charge is -2.24. The first-order chi connectivity index (χ1) is 8.19. The van der Waals surface area contributed by atoms with Gasteiger partial charge in [-0.05, 0) is 37.5 Å². The fourth-order valence-corrected chi connectivity index (χ4v) is 2.39. The number of hydrogen-bond donors (Lipinski definition) is 1. The maximum absolute atomic E-state index is 9.84. The minimum absolute atomic E-state index is 0.491. The van der Waals surface area contributed by atoms with Crippen LogP contribution in [0.2, 0.25) is 0 Å². The average Bonchev–Trinajstić information content (AvgIpc) is 2.36. The first kappa shape index (κ1) is 12.0. The number of aliphatic hydroxyl groups excluding tert-OH is 1. The molecule has 1 aromatic rings. The highest BCUT2D eigenvalue weighted by atomic mass is 16.5. The molecule has 1 aromatic carbocycles. The Morgan fingerprint density at radius 1 is 1.18 bits per heavy atom. The van der Waals surface area contributed by atoms with Crippen molar-refractivity contribution in [3.8, 4) is 11.5 Å². The molecule has 3 heteroatoms. The first-order valence-corrected chi connectivity index (χ1v) is 5.81. The molecule has 0 saturated heterocycles. The molecule has 0 bridgehead atoms. The molecule has 1 unspecified atom stereocenters. The van der Waals surface area contributed by atoms with Crippen LogP contribution in [0.3, 0.4) is 0 Å². The number of methoxy groups -OCH3 is 2. The van der Waals surface area contributed by atoms with Crippen molar-refractivity contribution >= 4 is 5.57 Å². The number of hydrogen-bond acceptors (Lipinski definition) is 3. The summed E-state index contributed by atoms with van der Waals surface area (Å²) in [5.74, 6) is 1.67. The van der Waals surface area contributed by atoms with E-state index in [4.69, 9.17) is 9.47 Å². The molecule has 1 aliphatic rings. The Kier molecular flexibility index (Phi) is 3.38. The van der Waals surface area contributed by atoms with Crippen LogP contribution < -0.4 is 9.47 Å². The Balaban J connectivity index is 2.63. The minimum atomic E-state index is -0.491. The largest absolute Gasteiger partial charge is 0.496 e. The van der Waals surface area contributed by atoms with Gasteiger partial charge in [-0.25, -0.2) is 0 Å². The van der Waals surface area contributed by atoms with Gasteiger partial charge in [0.25, 0.3) is 0 Å². The topological polar surface area (TPSA) is 38.7 Å². The third-order valence-corrected chi connectivity index (χ3v) is 3.17. The van der Waals surface area contributed by atoms with Crippen LogP contribution in [-0.2, 0) is 6.42 Å². The second kappa shape index (κ2) is 4.80. The summed E-state index contributed by atoms with van der Waals surface area (Å²) in [4.78, 5) is 0. The maximum Gasteiger partial charge on any atom is 0.126 e. The van der Waals surface area contributed by atoms with Crippen molar-refractivity contribution in [3.63, 3.8) is 0 Å². The molecule has 17 heavy (non-hydrogen) atoms. The van der Waals surface area contributed by atoms with Crippen LogP contribution in [0.5, 0.6) is 11.5 Å². The SMILES string of the molecule is COc1ccc(OC)c2c1CCC=C2C(C)O. The smallest absolute Gasteiger partial charge is 0.126 e. The fraction of sp³-hybridized carbons (Fsp3) is 0.429. The van der Waals surface area contributed by atoms with E-state index in [0.717, 1.165) is 41.0 Å². The predicted molar refractivity (Wildman–Crippen MR) is 67.5 cm³/mol. The van der Waals surface area contributed by atoms with Crippen LogP contribution in [0.15, 0.2) is 18.2 Å². The van der Waals surface area contributed by atoms with Gasteiger partial charge in [0.2, 0.25) is 0 Å². The van der Waals surface area contributed by atoms with Gasteiger partial charge >= 0.3 is 0 Å². The molecule has 0 radical (unpaired) electrons. The van der Waals surface area contributed by atoms with Gasteiger partial charge in [-0.2, -0.15) is 0 Å². The molecule has 92 valence electrons. The van der Waals surface area contributed by atoms with Crippen LogP contribution in [-0.4, -0.2) is 25.4 Å². The number of ether oxygens (including phenoxy) is 2. The zero-order valence-corrected chi connectivity index (χ0v) is 10.5. The molecule has 2 rings (SSSR count). The van der Waals surface area contributed by atoms with E-state index in [9.17, 15) is 5.11 Å². The zero-order chi connectivity index (χ0) is 12.4. The van der Waals surface area contributed by atoms with Crippen LogP contribution in [0.1, 0.15) is 24.5 Å². The summed E-state index contributed by atoms with van der Waals surface area (Å²) in [5, 5.41) is 9.84. The summed E-state index contributed by atoms with van der Waals surface area (Å²) in [6, 6.07) is 3.81. The van der Waals surface area contributed by atoms with Crippen molar-refractivity contribution in [1.29, 1.82) is 0 Å². The van der Waals surface area contributed by atoms with Crippen LogP contribution in [0.25, 0.3) is 5.57 Å². The second-order valence-electron chi connectivity index (χ2n) is 4.20. The number of rotatable bonds is 3. The molecule has 0 aromatic heterocycles. The highest BCUT2D eigenvalue weighted by Crippen LogP contribution is 2.40. The zero-order valence-electron chi connectivity index (χ0n) is 10.5. The standard InChI is InChI=1S/C14H18O3/c1-9(15)10-5-4-6-11-12(16-2)7-8-13(17-3)14(10)11/h5,7-9,15H,4,6H2,1-3H3. The van der Waals surface area contributed by atoms with Crippen LogP contribution >= 0.6 is 0 Å². The first-order valence-electron chi connectivity index (χ1n) is 5.81. The minimum Gasteiger partial charge on any atom is -0.496 e. The summed E-state index contributed by atoms with van der Waals surface area (Å²) in [5.41, 5.74) is 3.06. The van der Waals surface area contributed by atoms with E-state index in [2.05, 4.69) is 6.08 Å². The molecule has 1 atom stereocenters. The molecule has 0 saturated carbocycles. The molecular formula is C14H18O3. The van der Waals surface area contributed by atoms with E-state index in [1.54, 1.807) is 21.1 Å². The molecule has 1 N–H and O–H groups in total. The van der Waals surface area contributed by atoms with Crippen LogP contribution in [0.4, 0.5) is 0 Å². The van der Waals surface area contributed by atoms with Crippen molar-refractivity contribution < 1.29 is 14.6 Å². The molecule has 0 heterocycles. The number of fused-ring (bicyclic) bond motifs is 1. The molecule has 1 aliphatic carbocycles. The van der Waals surface area contributed by atoms with Gasteiger partial charge in [0, 0.05) is 11.1 Å². The molecule has 0 fully saturated rings. The predicted octanol–water partition coefficient (Wildman–Crippen LogP) is 2.41. The number of benzene rings is 1. The summed E-state index contributed by atoms with van der Waals surface area (Å²) in [6.07, 6.45) is 3.44. The Labute approximate surface area is 102 Å². The second-order valence-corrected chi connectivity index (χ2v) is 4.20. The lowest BCUT2D eigenvalue weighted by atomic mass is 9.87. The van der Waals surface area contributed by atoms with Gasteiger partial charge in [0.05, 0.1) is 20.3 Å². The van der Waals surface area contributed by atoms with Gasteiger partial charge in [-0.15, -0.1) is 0 Å². The summed E-state index contributed by atoms with van der Waals surface area (Å²) in [7, 11) is 3.32. The van der Waals surface area contributed by atoms with Crippen LogP contribution in [0, 0.1) is 0 Å². The van der Waals surface area contributed by atoms with Crippen molar-refractivity contribution in [2.45, 2.75) is 25.9 Å². The van der Waals surface area contributed by atoms with E-state index in [1.165, 1.54) is 0 Å². The van der Waals surface area contributed by atoms with E-state index in [1.807, 2.05) is 12.1 Å². The van der Waals surface area contributed by atoms with Crippen molar-refractivity contribution in [3.05, 3.63) is 29.3 Å². The van der Waals surface area contributed by atoms with E-state index >= 15 is 0 Å². The maximum atomic E-state index is 9.84. The highest BCUT2D eigenvalue weighted by Gasteiger charge is 2.23. The number of allylic oxidation sites excluding steroid dienone is 1. The van der Waals surface area contributed by atoms with E-state index in [-0.39, 0.29) is 0 Å². The van der Waals surface area contributed by atoms with Gasteiger partial charge < -0.3 is 14.6 Å². The van der Waals surface area contributed by atoms with Gasteiger partial charge in [-0.3, -0.25) is 0 Å². The van der Waals surface area contributed by atoms with Gasteiger partial charge in [0.15, 0.2) is 0 Å². The molecule has 0 aliphatic heterocycles. The van der Waals surface area contributed by atoms with Crippen molar-refractivity contribution in [2.75, 3.05) is 14.2 Å². The molecule has 0 amide bonds. The third kappa shape index (κ3) is 2.03. The molecule has 0 spiro atoms. The van der Waals surface area contributed by atoms with Gasteiger partial charge in [-0.1, -0.05) is 6.08 Å². The quantitative estimate of drug-likeness (QED) is 0.873. The highest BCUT2D eigenvalue weighted by molar-refractivity contribution is 5.78. The molecular weight excluding hydrogens is 216 g/mol. The Morgan fingerprint density at radius 2 is 1.82 bits per heavy atom. The van der Waals surface area contributed by atoms with Crippen molar-refractivity contribution in [1.82, 2.24) is 0 Å². The lowest BCUT2D eigenvalue weighted by Crippen LogP contribution is -2.12. The molecule has 3 nitrogen and oxygen atoms in total. The van der Waals surface area contributed by atoms with Crippen molar-refractivity contribution in [2.24, 2.45) is 0 Å². The third-order valence-electron chi connectivity index (χ3n) is 3.17. The Hall–Kier alpha value is -1.48. The average molecular weight is 234 g/mol. The van der Waals surface area contributed by atoms with E-state index < -0.39 is 6.10 Å². The Bertz CT molecular complexity index is 447. The summed E-state index contributed by atoms with van der Waals surface area (Å²) >= 11 is 0. The summed E-state index contributed by atoms with van der Waals surface area (Å²) in [6.45, 7) is 1.78. The summed E-state index contributed by atoms with van der Waals surface area (Å²) < 4.78 is 10.8. The van der Waals surface area contributed by atoms with E-state index in [0.29, 0.717) is 0 Å². The number of aliphatic hydroxyl groups is 1.